The highest BCUT2D eigenvalue weighted by molar-refractivity contribution is 7.99. The maximum Gasteiger partial charge on any atom is 0.234 e. The lowest BCUT2D eigenvalue weighted by molar-refractivity contribution is -0.113. The molecule has 0 bridgehead atoms. The summed E-state index contributed by atoms with van der Waals surface area (Å²) in [4.78, 5) is 20.3. The third kappa shape index (κ3) is 4.44. The number of amides is 1. The predicted molar refractivity (Wildman–Crippen MR) is 144 cm³/mol. The number of thioether (sulfide) groups is 1. The molecule has 3 heterocycles. The monoisotopic (exact) mass is 515 g/mol. The number of rotatable bonds is 7. The lowest BCUT2D eigenvalue weighted by Gasteiger charge is -2.11. The summed E-state index contributed by atoms with van der Waals surface area (Å²) in [6.45, 7) is 0. The van der Waals surface area contributed by atoms with Crippen molar-refractivity contribution in [3.05, 3.63) is 76.4 Å². The van der Waals surface area contributed by atoms with Gasteiger partial charge in [0.1, 0.15) is 16.4 Å². The molecule has 3 aromatic heterocycles. The molecule has 0 saturated heterocycles. The largest absolute Gasteiger partial charge is 0.497 e. The van der Waals surface area contributed by atoms with Gasteiger partial charge >= 0.3 is 0 Å². The van der Waals surface area contributed by atoms with Gasteiger partial charge in [0.2, 0.25) is 5.91 Å². The molecule has 0 atom stereocenters. The van der Waals surface area contributed by atoms with E-state index in [0.717, 1.165) is 46.0 Å². The number of ether oxygens (including phenoxy) is 1. The zero-order valence-electron chi connectivity index (χ0n) is 19.9. The number of fused-ring (bicyclic) bond motifs is 5. The number of thiophene rings is 1. The molecule has 0 radical (unpaired) electrons. The predicted octanol–water partition coefficient (Wildman–Crippen LogP) is 5.55. The number of methoxy groups -OCH3 is 1. The number of aryl methyl sites for hydroxylation is 2. The molecule has 0 saturated carbocycles. The van der Waals surface area contributed by atoms with Gasteiger partial charge < -0.3 is 10.1 Å². The summed E-state index contributed by atoms with van der Waals surface area (Å²) in [6, 6.07) is 17.6. The van der Waals surface area contributed by atoms with Crippen LogP contribution < -0.4 is 10.1 Å². The highest BCUT2D eigenvalue weighted by Gasteiger charge is 2.24. The fourth-order valence-corrected chi connectivity index (χ4v) is 6.71. The molecule has 7 nitrogen and oxygen atoms in total. The number of benzene rings is 2. The molecule has 0 unspecified atom stereocenters. The van der Waals surface area contributed by atoms with Crippen LogP contribution in [0.25, 0.3) is 15.9 Å². The number of hydrogen-bond donors (Lipinski definition) is 1. The van der Waals surface area contributed by atoms with Crippen molar-refractivity contribution in [1.29, 1.82) is 0 Å². The van der Waals surface area contributed by atoms with Gasteiger partial charge in [0.15, 0.2) is 10.8 Å². The van der Waals surface area contributed by atoms with Crippen molar-refractivity contribution in [3.8, 4) is 5.75 Å². The van der Waals surface area contributed by atoms with Crippen LogP contribution in [0.3, 0.4) is 0 Å². The van der Waals surface area contributed by atoms with E-state index >= 15 is 0 Å². The molecule has 1 aliphatic carbocycles. The molecule has 36 heavy (non-hydrogen) atoms. The molecule has 2 aromatic carbocycles. The van der Waals surface area contributed by atoms with Crippen LogP contribution in [0.4, 0.5) is 5.69 Å². The Labute approximate surface area is 216 Å². The van der Waals surface area contributed by atoms with E-state index in [1.165, 1.54) is 40.6 Å². The maximum atomic E-state index is 12.7. The lowest BCUT2D eigenvalue weighted by atomic mass is 9.97. The summed E-state index contributed by atoms with van der Waals surface area (Å²) in [7, 11) is 1.62. The Morgan fingerprint density at radius 1 is 1.08 bits per heavy atom. The van der Waals surface area contributed by atoms with E-state index in [1.54, 1.807) is 18.4 Å². The molecular formula is C27H25N5O2S2. The van der Waals surface area contributed by atoms with Gasteiger partial charge in [-0.1, -0.05) is 42.1 Å². The van der Waals surface area contributed by atoms with Crippen molar-refractivity contribution in [1.82, 2.24) is 19.6 Å². The average Bonchev–Trinajstić information content (AvgIpc) is 3.50. The molecule has 0 aliphatic heterocycles. The number of nitrogens with one attached hydrogen (secondary N) is 1. The van der Waals surface area contributed by atoms with Crippen molar-refractivity contribution in [3.63, 3.8) is 0 Å². The second-order valence-corrected chi connectivity index (χ2v) is 10.8. The Morgan fingerprint density at radius 2 is 1.89 bits per heavy atom. The topological polar surface area (TPSA) is 81.4 Å². The molecule has 6 rings (SSSR count). The Hall–Kier alpha value is -3.43. The molecule has 0 spiro atoms. The Bertz CT molecular complexity index is 1540. The highest BCUT2D eigenvalue weighted by Crippen LogP contribution is 2.38. The van der Waals surface area contributed by atoms with Crippen molar-refractivity contribution in [2.75, 3.05) is 18.2 Å². The molecule has 9 heteroatoms. The Morgan fingerprint density at radius 3 is 2.69 bits per heavy atom. The second-order valence-electron chi connectivity index (χ2n) is 8.79. The zero-order chi connectivity index (χ0) is 24.5. The van der Waals surface area contributed by atoms with Crippen molar-refractivity contribution in [2.45, 2.75) is 37.3 Å². The summed E-state index contributed by atoms with van der Waals surface area (Å²) in [6.07, 6.45) is 5.25. The summed E-state index contributed by atoms with van der Waals surface area (Å²) >= 11 is 3.18. The molecule has 0 fully saturated rings. The van der Waals surface area contributed by atoms with Crippen LogP contribution in [0.2, 0.25) is 0 Å². The van der Waals surface area contributed by atoms with Gasteiger partial charge in [-0.05, 0) is 61.1 Å². The highest BCUT2D eigenvalue weighted by atomic mass is 32.2. The number of carbonyl (C=O) groups is 1. The maximum absolute atomic E-state index is 12.7. The summed E-state index contributed by atoms with van der Waals surface area (Å²) in [5.74, 6) is 1.76. The van der Waals surface area contributed by atoms with Crippen molar-refractivity contribution >= 4 is 50.6 Å². The van der Waals surface area contributed by atoms with Crippen LogP contribution in [-0.2, 0) is 24.1 Å². The van der Waals surface area contributed by atoms with E-state index in [-0.39, 0.29) is 11.7 Å². The van der Waals surface area contributed by atoms with Gasteiger partial charge in [-0.15, -0.1) is 21.5 Å². The first-order chi connectivity index (χ1) is 17.7. The van der Waals surface area contributed by atoms with Crippen molar-refractivity contribution in [2.24, 2.45) is 0 Å². The van der Waals surface area contributed by atoms with Gasteiger partial charge in [0.05, 0.1) is 18.2 Å². The quantitative estimate of drug-likeness (QED) is 0.286. The number of hydrogen-bond acceptors (Lipinski definition) is 7. The standard InChI is InChI=1S/C27H25N5O2S2/c1-34-19-13-11-18(12-14-19)28-23(33)16-35-27-31-30-25-24-20-9-5-6-10-21(20)36-26(24)29-22(32(25)27)15-17-7-3-2-4-8-17/h2-4,7-8,11-14H,5-6,9-10,15-16H2,1H3,(H,28,33). The van der Waals surface area contributed by atoms with E-state index < -0.39 is 0 Å². The number of aromatic nitrogens is 4. The molecular weight excluding hydrogens is 490 g/mol. The van der Waals surface area contributed by atoms with Crippen LogP contribution in [0.5, 0.6) is 5.75 Å². The molecule has 1 amide bonds. The molecule has 182 valence electrons. The minimum absolute atomic E-state index is 0.103. The van der Waals surface area contributed by atoms with Gasteiger partial charge in [-0.25, -0.2) is 4.98 Å². The van der Waals surface area contributed by atoms with E-state index in [9.17, 15) is 4.79 Å². The van der Waals surface area contributed by atoms with Crippen LogP contribution in [0.1, 0.15) is 34.7 Å². The SMILES string of the molecule is COc1ccc(NC(=O)CSc2nnc3c4c5c(sc4nc(Cc4ccccc4)n23)CCCC5)cc1. The van der Waals surface area contributed by atoms with Gasteiger partial charge in [-0.2, -0.15) is 0 Å². The van der Waals surface area contributed by atoms with E-state index in [2.05, 4.69) is 32.0 Å². The van der Waals surface area contributed by atoms with Gasteiger partial charge in [0.25, 0.3) is 0 Å². The smallest absolute Gasteiger partial charge is 0.234 e. The Balaban J connectivity index is 1.33. The summed E-state index contributed by atoms with van der Waals surface area (Å²) < 4.78 is 7.24. The lowest BCUT2D eigenvalue weighted by Crippen LogP contribution is -2.14. The second kappa shape index (κ2) is 9.91. The third-order valence-corrected chi connectivity index (χ3v) is 8.52. The number of nitrogens with zero attached hydrogens (tertiary/aromatic N) is 4. The minimum Gasteiger partial charge on any atom is -0.497 e. The fourth-order valence-electron chi connectivity index (χ4n) is 4.68. The summed E-state index contributed by atoms with van der Waals surface area (Å²) in [5, 5.41) is 13.9. The fraction of sp³-hybridized carbons (Fsp3) is 0.259. The molecule has 1 aliphatic rings. The van der Waals surface area contributed by atoms with Gasteiger partial charge in [0, 0.05) is 17.0 Å². The van der Waals surface area contributed by atoms with Crippen molar-refractivity contribution < 1.29 is 9.53 Å². The molecule has 5 aromatic rings. The number of anilines is 1. The normalized spacial score (nSPS) is 13.1. The number of carbonyl (C=O) groups excluding carboxylic acids is 1. The Kier molecular flexibility index (Phi) is 6.33. The van der Waals surface area contributed by atoms with Crippen LogP contribution >= 0.6 is 23.1 Å². The molecule has 1 N–H and O–H groups in total. The first-order valence-electron chi connectivity index (χ1n) is 12.0. The minimum atomic E-state index is -0.103. The average molecular weight is 516 g/mol. The van der Waals surface area contributed by atoms with E-state index in [0.29, 0.717) is 11.6 Å². The first kappa shape index (κ1) is 23.0. The van der Waals surface area contributed by atoms with Crippen LogP contribution in [0, 0.1) is 0 Å². The van der Waals surface area contributed by atoms with Gasteiger partial charge in [-0.3, -0.25) is 9.20 Å². The third-order valence-electron chi connectivity index (χ3n) is 6.41. The zero-order valence-corrected chi connectivity index (χ0v) is 21.5. The summed E-state index contributed by atoms with van der Waals surface area (Å²) in [5.41, 5.74) is 4.13. The van der Waals surface area contributed by atoms with Crippen LogP contribution in [0.15, 0.2) is 59.8 Å². The van der Waals surface area contributed by atoms with E-state index in [4.69, 9.17) is 9.72 Å². The van der Waals surface area contributed by atoms with Crippen LogP contribution in [-0.4, -0.2) is 38.4 Å². The van der Waals surface area contributed by atoms with E-state index in [1.807, 2.05) is 42.5 Å². The first-order valence-corrected chi connectivity index (χ1v) is 13.8.